The SMILES string of the molecule is O=C(NN/C=C1\C=CC=N1)c1ccncc1. The zero-order valence-electron chi connectivity index (χ0n) is 8.42. The van der Waals surface area contributed by atoms with Crippen LogP contribution >= 0.6 is 0 Å². The highest BCUT2D eigenvalue weighted by Gasteiger charge is 2.02. The predicted molar refractivity (Wildman–Crippen MR) is 60.6 cm³/mol. The number of hydrogen-bond acceptors (Lipinski definition) is 4. The first kappa shape index (κ1) is 10.1. The third-order valence-corrected chi connectivity index (χ3v) is 1.92. The van der Waals surface area contributed by atoms with Crippen molar-refractivity contribution in [3.05, 3.63) is 54.1 Å². The molecule has 1 aliphatic rings. The standard InChI is InChI=1S/C11H10N4O/c16-11(9-3-6-12-7-4-9)15-14-8-10-2-1-5-13-10/h1-8,14H,(H,15,16)/b10-8+. The predicted octanol–water partition coefficient (Wildman–Crippen LogP) is 0.798. The van der Waals surface area contributed by atoms with Crippen molar-refractivity contribution in [1.82, 2.24) is 15.8 Å². The van der Waals surface area contributed by atoms with Crippen LogP contribution in [0.3, 0.4) is 0 Å². The van der Waals surface area contributed by atoms with Crippen molar-refractivity contribution in [1.29, 1.82) is 0 Å². The molecule has 2 N–H and O–H groups in total. The minimum atomic E-state index is -0.217. The number of hydrogen-bond donors (Lipinski definition) is 2. The van der Waals surface area contributed by atoms with Crippen LogP contribution in [0.1, 0.15) is 10.4 Å². The molecule has 0 spiro atoms. The van der Waals surface area contributed by atoms with E-state index in [4.69, 9.17) is 0 Å². The molecule has 80 valence electrons. The fourth-order valence-electron chi connectivity index (χ4n) is 1.15. The van der Waals surface area contributed by atoms with Gasteiger partial charge in [-0.15, -0.1) is 0 Å². The lowest BCUT2D eigenvalue weighted by atomic mass is 10.3. The van der Waals surface area contributed by atoms with Crippen molar-refractivity contribution in [3.8, 4) is 0 Å². The van der Waals surface area contributed by atoms with Gasteiger partial charge in [0, 0.05) is 30.4 Å². The van der Waals surface area contributed by atoms with Crippen molar-refractivity contribution in [3.63, 3.8) is 0 Å². The number of allylic oxidation sites excluding steroid dienone is 2. The first-order valence-corrected chi connectivity index (χ1v) is 4.73. The highest BCUT2D eigenvalue weighted by molar-refractivity contribution is 5.93. The number of hydrazine groups is 1. The summed E-state index contributed by atoms with van der Waals surface area (Å²) in [6.07, 6.45) is 10.1. The van der Waals surface area contributed by atoms with Crippen molar-refractivity contribution < 1.29 is 4.79 Å². The molecule has 2 heterocycles. The molecular formula is C11H10N4O. The van der Waals surface area contributed by atoms with Crippen LogP contribution in [0.4, 0.5) is 0 Å². The van der Waals surface area contributed by atoms with Crippen LogP contribution in [0, 0.1) is 0 Å². The molecule has 1 amide bonds. The molecule has 1 aromatic rings. The average Bonchev–Trinajstić information content (AvgIpc) is 2.83. The van der Waals surface area contributed by atoms with E-state index >= 15 is 0 Å². The second-order valence-electron chi connectivity index (χ2n) is 3.04. The molecule has 0 atom stereocenters. The number of carbonyl (C=O) groups excluding carboxylic acids is 1. The Morgan fingerprint density at radius 1 is 1.31 bits per heavy atom. The largest absolute Gasteiger partial charge is 0.303 e. The van der Waals surface area contributed by atoms with Gasteiger partial charge >= 0.3 is 0 Å². The van der Waals surface area contributed by atoms with Crippen molar-refractivity contribution in [2.45, 2.75) is 0 Å². The second kappa shape index (κ2) is 4.88. The average molecular weight is 214 g/mol. The van der Waals surface area contributed by atoms with E-state index in [1.165, 1.54) is 0 Å². The summed E-state index contributed by atoms with van der Waals surface area (Å²) in [7, 11) is 0. The van der Waals surface area contributed by atoms with Crippen LogP contribution in [-0.4, -0.2) is 17.1 Å². The Hall–Kier alpha value is -2.43. The molecule has 5 nitrogen and oxygen atoms in total. The summed E-state index contributed by atoms with van der Waals surface area (Å²) in [5.74, 6) is -0.217. The van der Waals surface area contributed by atoms with Crippen molar-refractivity contribution >= 4 is 12.1 Å². The molecule has 0 saturated heterocycles. The monoisotopic (exact) mass is 214 g/mol. The van der Waals surface area contributed by atoms with Crippen molar-refractivity contribution in [2.24, 2.45) is 4.99 Å². The van der Waals surface area contributed by atoms with Crippen molar-refractivity contribution in [2.75, 3.05) is 0 Å². The fraction of sp³-hybridized carbons (Fsp3) is 0. The number of amides is 1. The number of pyridine rings is 1. The summed E-state index contributed by atoms with van der Waals surface area (Å²) >= 11 is 0. The maximum atomic E-state index is 11.5. The van der Waals surface area contributed by atoms with Crippen LogP contribution in [-0.2, 0) is 0 Å². The molecule has 0 unspecified atom stereocenters. The number of aliphatic imine (C=N–C) groups is 1. The zero-order chi connectivity index (χ0) is 11.2. The molecule has 0 aliphatic carbocycles. The van der Waals surface area contributed by atoms with Crippen LogP contribution in [0.5, 0.6) is 0 Å². The summed E-state index contributed by atoms with van der Waals surface area (Å²) in [6.45, 7) is 0. The van der Waals surface area contributed by atoms with Crippen LogP contribution in [0.25, 0.3) is 0 Å². The number of nitrogens with one attached hydrogen (secondary N) is 2. The molecule has 16 heavy (non-hydrogen) atoms. The van der Waals surface area contributed by atoms with Gasteiger partial charge in [-0.3, -0.25) is 20.2 Å². The maximum absolute atomic E-state index is 11.5. The van der Waals surface area contributed by atoms with E-state index in [-0.39, 0.29) is 5.91 Å². The second-order valence-corrected chi connectivity index (χ2v) is 3.04. The maximum Gasteiger partial charge on any atom is 0.269 e. The number of rotatable bonds is 3. The molecular weight excluding hydrogens is 204 g/mol. The summed E-state index contributed by atoms with van der Waals surface area (Å²) in [4.78, 5) is 19.4. The number of nitrogens with zero attached hydrogens (tertiary/aromatic N) is 2. The minimum Gasteiger partial charge on any atom is -0.303 e. The lowest BCUT2D eigenvalue weighted by molar-refractivity contribution is 0.0941. The summed E-state index contributed by atoms with van der Waals surface area (Å²) in [5, 5.41) is 0. The van der Waals surface area contributed by atoms with Gasteiger partial charge in [0.2, 0.25) is 0 Å². The molecule has 1 aromatic heterocycles. The van der Waals surface area contributed by atoms with Crippen LogP contribution < -0.4 is 10.9 Å². The molecule has 5 heteroatoms. The van der Waals surface area contributed by atoms with Gasteiger partial charge in [-0.1, -0.05) is 0 Å². The number of carbonyl (C=O) groups is 1. The Morgan fingerprint density at radius 3 is 2.81 bits per heavy atom. The first-order chi connectivity index (χ1) is 7.86. The topological polar surface area (TPSA) is 66.4 Å². The van der Waals surface area contributed by atoms with Gasteiger partial charge in [0.05, 0.1) is 5.70 Å². The zero-order valence-corrected chi connectivity index (χ0v) is 8.42. The number of aromatic nitrogens is 1. The minimum absolute atomic E-state index is 0.217. The Morgan fingerprint density at radius 2 is 2.12 bits per heavy atom. The highest BCUT2D eigenvalue weighted by atomic mass is 16.2. The highest BCUT2D eigenvalue weighted by Crippen LogP contribution is 2.01. The summed E-state index contributed by atoms with van der Waals surface area (Å²) < 4.78 is 0. The quantitative estimate of drug-likeness (QED) is 0.731. The normalized spacial score (nSPS) is 15.4. The van der Waals surface area contributed by atoms with Gasteiger partial charge in [0.15, 0.2) is 0 Å². The summed E-state index contributed by atoms with van der Waals surface area (Å²) in [6, 6.07) is 3.27. The lowest BCUT2D eigenvalue weighted by Crippen LogP contribution is -2.33. The molecule has 0 bridgehead atoms. The van der Waals surface area contributed by atoms with E-state index in [0.29, 0.717) is 5.56 Å². The molecule has 1 aliphatic heterocycles. The van der Waals surface area contributed by atoms with E-state index < -0.39 is 0 Å². The van der Waals surface area contributed by atoms with Gasteiger partial charge in [-0.2, -0.15) is 0 Å². The van der Waals surface area contributed by atoms with E-state index in [2.05, 4.69) is 20.8 Å². The molecule has 2 rings (SSSR count). The third kappa shape index (κ3) is 2.54. The Balaban J connectivity index is 1.87. The molecule has 0 saturated carbocycles. The molecule has 0 aromatic carbocycles. The van der Waals surface area contributed by atoms with Gasteiger partial charge in [-0.05, 0) is 24.3 Å². The van der Waals surface area contributed by atoms with E-state index in [9.17, 15) is 4.79 Å². The van der Waals surface area contributed by atoms with Gasteiger partial charge in [-0.25, -0.2) is 0 Å². The third-order valence-electron chi connectivity index (χ3n) is 1.92. The van der Waals surface area contributed by atoms with E-state index in [1.54, 1.807) is 36.9 Å². The smallest absolute Gasteiger partial charge is 0.269 e. The van der Waals surface area contributed by atoms with Crippen LogP contribution in [0.2, 0.25) is 0 Å². The van der Waals surface area contributed by atoms with Gasteiger partial charge in [0.1, 0.15) is 0 Å². The lowest BCUT2D eigenvalue weighted by Gasteiger charge is -2.03. The molecule has 0 radical (unpaired) electrons. The Bertz CT molecular complexity index is 448. The summed E-state index contributed by atoms with van der Waals surface area (Å²) in [5.41, 5.74) is 6.51. The van der Waals surface area contributed by atoms with E-state index in [0.717, 1.165) is 5.70 Å². The Labute approximate surface area is 92.6 Å². The Kier molecular flexibility index (Phi) is 3.08. The molecule has 0 fully saturated rings. The van der Waals surface area contributed by atoms with Crippen LogP contribution in [0.15, 0.2) is 53.6 Å². The van der Waals surface area contributed by atoms with Gasteiger partial charge in [0.25, 0.3) is 5.91 Å². The first-order valence-electron chi connectivity index (χ1n) is 4.73. The fourth-order valence-corrected chi connectivity index (χ4v) is 1.15. The van der Waals surface area contributed by atoms with Gasteiger partial charge < -0.3 is 5.43 Å². The van der Waals surface area contributed by atoms with E-state index in [1.807, 2.05) is 12.2 Å².